The van der Waals surface area contributed by atoms with Crippen molar-refractivity contribution in [1.82, 2.24) is 19.9 Å². The lowest BCUT2D eigenvalue weighted by Gasteiger charge is -2.27. The molecule has 0 bridgehead atoms. The zero-order valence-electron chi connectivity index (χ0n) is 19.7. The molecule has 2 aliphatic rings. The van der Waals surface area contributed by atoms with E-state index in [1.165, 1.54) is 24.9 Å². The molecule has 4 aromatic rings. The van der Waals surface area contributed by atoms with Gasteiger partial charge in [0.2, 0.25) is 0 Å². The van der Waals surface area contributed by atoms with Crippen LogP contribution in [0.5, 0.6) is 0 Å². The van der Waals surface area contributed by atoms with E-state index in [0.717, 1.165) is 13.0 Å². The second kappa shape index (κ2) is 8.89. The summed E-state index contributed by atoms with van der Waals surface area (Å²) in [5.41, 5.74) is 13.8. The average molecular weight is 519 g/mol. The molecule has 6 rings (SSSR count). The van der Waals surface area contributed by atoms with Gasteiger partial charge >= 0.3 is 0 Å². The van der Waals surface area contributed by atoms with Gasteiger partial charge in [0, 0.05) is 36.8 Å². The van der Waals surface area contributed by atoms with Gasteiger partial charge in [-0.1, -0.05) is 29.8 Å². The van der Waals surface area contributed by atoms with Crippen molar-refractivity contribution >= 4 is 28.9 Å². The summed E-state index contributed by atoms with van der Waals surface area (Å²) in [6.45, 7) is 1.81. The molecule has 0 radical (unpaired) electrons. The maximum atomic E-state index is 14.7. The maximum Gasteiger partial charge on any atom is 0.181 e. The van der Waals surface area contributed by atoms with Crippen LogP contribution in [0.2, 0.25) is 5.02 Å². The van der Waals surface area contributed by atoms with Gasteiger partial charge in [0.05, 0.1) is 23.1 Å². The van der Waals surface area contributed by atoms with Crippen LogP contribution in [-0.2, 0) is 5.41 Å². The normalized spacial score (nSPS) is 22.5. The summed E-state index contributed by atoms with van der Waals surface area (Å²) in [5, 5.41) is 8.95. The summed E-state index contributed by atoms with van der Waals surface area (Å²) in [4.78, 5) is 19.3. The molecule has 1 aliphatic heterocycles. The fourth-order valence-corrected chi connectivity index (χ4v) is 6.14. The van der Waals surface area contributed by atoms with Crippen LogP contribution in [0.25, 0.3) is 11.5 Å². The van der Waals surface area contributed by atoms with Gasteiger partial charge in [0.25, 0.3) is 0 Å². The van der Waals surface area contributed by atoms with Crippen molar-refractivity contribution < 1.29 is 8.81 Å². The van der Waals surface area contributed by atoms with Crippen molar-refractivity contribution in [2.75, 3.05) is 30.3 Å². The highest BCUT2D eigenvalue weighted by Gasteiger charge is 2.66. The molecule has 3 atom stereocenters. The molecule has 5 N–H and O–H groups in total. The summed E-state index contributed by atoms with van der Waals surface area (Å²) in [6, 6.07) is 8.53. The molecule has 0 spiro atoms. The molecule has 37 heavy (non-hydrogen) atoms. The number of nitrogen functional groups attached to an aromatic ring is 1. The van der Waals surface area contributed by atoms with E-state index in [9.17, 15) is 4.39 Å². The summed E-state index contributed by atoms with van der Waals surface area (Å²) < 4.78 is 20.0. The minimum absolute atomic E-state index is 0.0207. The zero-order chi connectivity index (χ0) is 25.7. The number of halogens is 2. The van der Waals surface area contributed by atoms with Crippen molar-refractivity contribution in [1.29, 1.82) is 5.41 Å². The lowest BCUT2D eigenvalue weighted by molar-refractivity contribution is 0.533. The van der Waals surface area contributed by atoms with Crippen LogP contribution in [0.3, 0.4) is 0 Å². The number of oxazole rings is 1. The average Bonchev–Trinajstić information content (AvgIpc) is 3.24. The van der Waals surface area contributed by atoms with Gasteiger partial charge in [0.15, 0.2) is 18.0 Å². The highest BCUT2D eigenvalue weighted by atomic mass is 35.5. The molecule has 188 valence electrons. The first-order valence-electron chi connectivity index (χ1n) is 11.9. The number of nitrogens with one attached hydrogen (secondary N) is 1. The quantitative estimate of drug-likeness (QED) is 0.328. The van der Waals surface area contributed by atoms with Gasteiger partial charge in [-0.25, -0.2) is 19.3 Å². The molecular formula is C26H24ClFN8O. The summed E-state index contributed by atoms with van der Waals surface area (Å²) in [6.07, 6.45) is 6.80. The molecule has 1 saturated carbocycles. The Morgan fingerprint density at radius 2 is 2.05 bits per heavy atom. The Kier molecular flexibility index (Phi) is 5.65. The van der Waals surface area contributed by atoms with Crippen LogP contribution in [0.1, 0.15) is 23.2 Å². The number of rotatable bonds is 6. The third-order valence-corrected chi connectivity index (χ3v) is 8.09. The van der Waals surface area contributed by atoms with Crippen LogP contribution in [-0.4, -0.2) is 45.3 Å². The largest absolute Gasteiger partial charge is 0.442 e. The number of hydrogen-bond donors (Lipinski definition) is 3. The number of benzene rings is 1. The zero-order valence-corrected chi connectivity index (χ0v) is 20.5. The summed E-state index contributed by atoms with van der Waals surface area (Å²) in [5.74, 6) is 1.46. The molecule has 0 amide bonds. The first kappa shape index (κ1) is 23.5. The Hall–Kier alpha value is -3.89. The Bertz CT molecular complexity index is 1500. The third kappa shape index (κ3) is 3.67. The molecule has 11 heteroatoms. The maximum absolute atomic E-state index is 14.7. The van der Waals surface area contributed by atoms with Gasteiger partial charge in [-0.15, -0.1) is 0 Å². The van der Waals surface area contributed by atoms with Crippen LogP contribution >= 0.6 is 11.6 Å². The van der Waals surface area contributed by atoms with Crippen LogP contribution in [0, 0.1) is 23.1 Å². The van der Waals surface area contributed by atoms with E-state index in [0.29, 0.717) is 47.4 Å². The Labute approximate surface area is 217 Å². The minimum atomic E-state index is -0.361. The molecule has 1 saturated heterocycles. The third-order valence-electron chi connectivity index (χ3n) is 7.71. The van der Waals surface area contributed by atoms with Crippen molar-refractivity contribution in [3.63, 3.8) is 0 Å². The van der Waals surface area contributed by atoms with E-state index in [-0.39, 0.29) is 39.4 Å². The van der Waals surface area contributed by atoms with Gasteiger partial charge < -0.3 is 20.8 Å². The number of nitrogens with zero attached hydrogens (tertiary/aromatic N) is 5. The predicted molar refractivity (Wildman–Crippen MR) is 138 cm³/mol. The first-order valence-corrected chi connectivity index (χ1v) is 12.3. The summed E-state index contributed by atoms with van der Waals surface area (Å²) in [7, 11) is 0. The monoisotopic (exact) mass is 518 g/mol. The lowest BCUT2D eigenvalue weighted by atomic mass is 9.91. The van der Waals surface area contributed by atoms with E-state index in [4.69, 9.17) is 32.9 Å². The first-order chi connectivity index (χ1) is 18.0. The number of piperidine rings is 1. The minimum Gasteiger partial charge on any atom is -0.442 e. The molecule has 0 unspecified atom stereocenters. The predicted octanol–water partition coefficient (Wildman–Crippen LogP) is 3.67. The van der Waals surface area contributed by atoms with E-state index < -0.39 is 0 Å². The highest BCUT2D eigenvalue weighted by molar-refractivity contribution is 6.37. The second-order valence-electron chi connectivity index (χ2n) is 9.40. The van der Waals surface area contributed by atoms with Gasteiger partial charge in [-0.3, -0.25) is 10.4 Å². The van der Waals surface area contributed by atoms with Crippen LogP contribution in [0.4, 0.5) is 16.0 Å². The lowest BCUT2D eigenvalue weighted by Crippen LogP contribution is -2.33. The molecular weight excluding hydrogens is 495 g/mol. The number of anilines is 2. The van der Waals surface area contributed by atoms with E-state index in [2.05, 4.69) is 24.8 Å². The fraction of sp³-hybridized carbons (Fsp3) is 0.269. The summed E-state index contributed by atoms with van der Waals surface area (Å²) >= 11 is 6.55. The second-order valence-corrected chi connectivity index (χ2v) is 9.77. The molecule has 1 aliphatic carbocycles. The van der Waals surface area contributed by atoms with Gasteiger partial charge in [-0.05, 0) is 36.0 Å². The SMILES string of the molecule is N=C(c1ccnc(-c2cnco2)c1Cl)c1ncc(N2CC[C@@H]3[C@H](C2)[C@@]3(CN)c2ccccc2F)nc1N. The van der Waals surface area contributed by atoms with Crippen molar-refractivity contribution in [2.24, 2.45) is 17.6 Å². The number of nitrogens with two attached hydrogens (primary N) is 2. The van der Waals surface area contributed by atoms with Crippen LogP contribution < -0.4 is 16.4 Å². The Balaban J connectivity index is 1.24. The topological polar surface area (TPSA) is 144 Å². The van der Waals surface area contributed by atoms with Crippen molar-refractivity contribution in [3.05, 3.63) is 83.0 Å². The van der Waals surface area contributed by atoms with Crippen LogP contribution in [0.15, 0.2) is 59.7 Å². The number of hydrogen-bond acceptors (Lipinski definition) is 9. The Morgan fingerprint density at radius 3 is 2.78 bits per heavy atom. The van der Waals surface area contributed by atoms with E-state index in [1.54, 1.807) is 18.3 Å². The smallest absolute Gasteiger partial charge is 0.181 e. The number of pyridine rings is 1. The number of fused-ring (bicyclic) bond motifs is 1. The fourth-order valence-electron chi connectivity index (χ4n) is 5.84. The molecule has 2 fully saturated rings. The molecule has 4 heterocycles. The van der Waals surface area contributed by atoms with Gasteiger partial charge in [-0.2, -0.15) is 0 Å². The molecule has 3 aromatic heterocycles. The van der Waals surface area contributed by atoms with E-state index in [1.807, 2.05) is 12.1 Å². The highest BCUT2D eigenvalue weighted by Crippen LogP contribution is 2.63. The van der Waals surface area contributed by atoms with E-state index >= 15 is 0 Å². The van der Waals surface area contributed by atoms with Gasteiger partial charge in [0.1, 0.15) is 23.0 Å². The molecule has 1 aromatic carbocycles. The number of aromatic nitrogens is 4. The molecule has 9 nitrogen and oxygen atoms in total. The van der Waals surface area contributed by atoms with Crippen molar-refractivity contribution in [3.8, 4) is 11.5 Å². The standard InChI is InChI=1S/C26H24ClFN8O/c27-21-14(5-7-33-23(21)19-9-32-13-37-19)22(30)24-25(31)35-20(10-34-24)36-8-6-15-17(11-36)26(15,12-29)16-3-1-2-4-18(16)28/h1-5,7,9-10,13,15,17,30H,6,8,11-12,29H2,(H2,31,35)/t15-,17+,26-/m1/s1. The Morgan fingerprint density at radius 1 is 1.22 bits per heavy atom. The van der Waals surface area contributed by atoms with Crippen molar-refractivity contribution in [2.45, 2.75) is 11.8 Å².